The van der Waals surface area contributed by atoms with Crippen LogP contribution in [0.4, 0.5) is 4.39 Å². The number of halogens is 1. The minimum atomic E-state index is -3.84. The quantitative estimate of drug-likeness (QED) is 0.432. The summed E-state index contributed by atoms with van der Waals surface area (Å²) in [4.78, 5) is 4.68. The highest BCUT2D eigenvalue weighted by Crippen LogP contribution is 2.31. The zero-order chi connectivity index (χ0) is 19.7. The van der Waals surface area contributed by atoms with Gasteiger partial charge in [-0.25, -0.2) is 21.8 Å². The van der Waals surface area contributed by atoms with Crippen LogP contribution in [0.25, 0.3) is 11.0 Å². The van der Waals surface area contributed by atoms with E-state index >= 15 is 0 Å². The van der Waals surface area contributed by atoms with Gasteiger partial charge in [0.2, 0.25) is 0 Å². The third kappa shape index (κ3) is 3.43. The van der Waals surface area contributed by atoms with E-state index in [0.29, 0.717) is 21.8 Å². The third-order valence-corrected chi connectivity index (χ3v) is 7.19. The molecule has 28 heavy (non-hydrogen) atoms. The van der Waals surface area contributed by atoms with Gasteiger partial charge in [0.1, 0.15) is 5.82 Å². The highest BCUT2D eigenvalue weighted by atomic mass is 32.2. The molecule has 0 N–H and O–H groups in total. The zero-order valence-electron chi connectivity index (χ0n) is 15.0. The second kappa shape index (κ2) is 7.41. The van der Waals surface area contributed by atoms with E-state index in [2.05, 4.69) is 4.98 Å². The Morgan fingerprint density at radius 3 is 2.39 bits per heavy atom. The number of nitrogens with zero attached hydrogens (tertiary/aromatic N) is 2. The van der Waals surface area contributed by atoms with Crippen LogP contribution in [-0.4, -0.2) is 17.4 Å². The largest absolute Gasteiger partial charge is 0.270 e. The zero-order valence-corrected chi connectivity index (χ0v) is 16.7. The van der Waals surface area contributed by atoms with Crippen molar-refractivity contribution in [1.29, 1.82) is 0 Å². The minimum Gasteiger partial charge on any atom is -0.222 e. The fourth-order valence-corrected chi connectivity index (χ4v) is 5.58. The average molecular weight is 413 g/mol. The van der Waals surface area contributed by atoms with Gasteiger partial charge in [0.15, 0.2) is 5.16 Å². The van der Waals surface area contributed by atoms with Gasteiger partial charge in [0, 0.05) is 5.75 Å². The van der Waals surface area contributed by atoms with Crippen molar-refractivity contribution in [2.24, 2.45) is 0 Å². The molecule has 4 aromatic rings. The lowest BCUT2D eigenvalue weighted by atomic mass is 10.2. The van der Waals surface area contributed by atoms with Crippen LogP contribution in [0.15, 0.2) is 82.8 Å². The first-order valence-electron chi connectivity index (χ1n) is 8.63. The Morgan fingerprint density at radius 1 is 0.964 bits per heavy atom. The lowest BCUT2D eigenvalue weighted by Gasteiger charge is -2.11. The molecule has 0 bridgehead atoms. The molecule has 0 spiro atoms. The fraction of sp³-hybridized carbons (Fsp3) is 0.0952. The van der Waals surface area contributed by atoms with Gasteiger partial charge in [-0.2, -0.15) is 0 Å². The van der Waals surface area contributed by atoms with Crippen molar-refractivity contribution in [3.63, 3.8) is 0 Å². The Labute approximate surface area is 167 Å². The Hall–Kier alpha value is -2.64. The van der Waals surface area contributed by atoms with Gasteiger partial charge in [0.25, 0.3) is 10.0 Å². The van der Waals surface area contributed by atoms with Crippen LogP contribution in [0.5, 0.6) is 0 Å². The Balaban J connectivity index is 1.81. The van der Waals surface area contributed by atoms with Crippen LogP contribution in [-0.2, 0) is 15.8 Å². The first kappa shape index (κ1) is 18.7. The molecule has 1 heterocycles. The average Bonchev–Trinajstić information content (AvgIpc) is 3.07. The Bertz CT molecular complexity index is 1250. The number of thioether (sulfide) groups is 1. The van der Waals surface area contributed by atoms with E-state index in [4.69, 9.17) is 0 Å². The number of aryl methyl sites for hydroxylation is 1. The van der Waals surface area contributed by atoms with Crippen LogP contribution >= 0.6 is 11.8 Å². The first-order valence-corrected chi connectivity index (χ1v) is 11.1. The molecule has 0 aliphatic heterocycles. The SMILES string of the molecule is Cc1ccc(S(=O)(=O)n2c(SCc3ccccc3F)nc3ccccc32)cc1. The predicted molar refractivity (Wildman–Crippen MR) is 109 cm³/mol. The van der Waals surface area contributed by atoms with Gasteiger partial charge in [-0.1, -0.05) is 59.8 Å². The normalized spacial score (nSPS) is 11.8. The molecule has 4 rings (SSSR count). The summed E-state index contributed by atoms with van der Waals surface area (Å²) in [5.74, 6) is -0.0431. The van der Waals surface area contributed by atoms with Crippen LogP contribution in [0, 0.1) is 12.7 Å². The van der Waals surface area contributed by atoms with E-state index in [-0.39, 0.29) is 16.5 Å². The van der Waals surface area contributed by atoms with Gasteiger partial charge in [-0.05, 0) is 42.8 Å². The molecule has 0 aliphatic carbocycles. The highest BCUT2D eigenvalue weighted by molar-refractivity contribution is 7.99. The molecule has 0 saturated carbocycles. The number of fused-ring (bicyclic) bond motifs is 1. The summed E-state index contributed by atoms with van der Waals surface area (Å²) >= 11 is 1.20. The first-order chi connectivity index (χ1) is 13.5. The third-order valence-electron chi connectivity index (χ3n) is 4.36. The van der Waals surface area contributed by atoms with Crippen molar-refractivity contribution in [2.75, 3.05) is 0 Å². The number of hydrogen-bond acceptors (Lipinski definition) is 4. The van der Waals surface area contributed by atoms with Crippen LogP contribution in [0.2, 0.25) is 0 Å². The number of imidazole rings is 1. The maximum absolute atomic E-state index is 14.0. The second-order valence-electron chi connectivity index (χ2n) is 6.35. The molecular formula is C21H17FN2O2S2. The number of hydrogen-bond donors (Lipinski definition) is 0. The predicted octanol–water partition coefficient (Wildman–Crippen LogP) is 5.01. The van der Waals surface area contributed by atoms with Crippen molar-refractivity contribution < 1.29 is 12.8 Å². The van der Waals surface area contributed by atoms with Crippen molar-refractivity contribution in [1.82, 2.24) is 8.96 Å². The topological polar surface area (TPSA) is 52.0 Å². The molecular weight excluding hydrogens is 395 g/mol. The maximum atomic E-state index is 14.0. The molecule has 0 aliphatic rings. The summed E-state index contributed by atoms with van der Waals surface area (Å²) < 4.78 is 41.9. The number of para-hydroxylation sites is 2. The molecule has 3 aromatic carbocycles. The summed E-state index contributed by atoms with van der Waals surface area (Å²) in [6.45, 7) is 1.90. The monoisotopic (exact) mass is 412 g/mol. The molecule has 0 amide bonds. The molecule has 1 aromatic heterocycles. The van der Waals surface area contributed by atoms with Gasteiger partial charge >= 0.3 is 0 Å². The summed E-state index contributed by atoms with van der Waals surface area (Å²) in [5.41, 5.74) is 2.55. The van der Waals surface area contributed by atoms with Gasteiger partial charge in [0.05, 0.1) is 15.9 Å². The number of benzene rings is 3. The van der Waals surface area contributed by atoms with Crippen molar-refractivity contribution in [3.05, 3.63) is 89.7 Å². The highest BCUT2D eigenvalue weighted by Gasteiger charge is 2.24. The summed E-state index contributed by atoms with van der Waals surface area (Å²) in [5, 5.41) is 0.310. The smallest absolute Gasteiger partial charge is 0.222 e. The van der Waals surface area contributed by atoms with E-state index in [1.54, 1.807) is 60.7 Å². The van der Waals surface area contributed by atoms with Crippen LogP contribution in [0.1, 0.15) is 11.1 Å². The summed E-state index contributed by atoms with van der Waals surface area (Å²) in [6.07, 6.45) is 0. The molecule has 0 fully saturated rings. The van der Waals surface area contributed by atoms with Crippen molar-refractivity contribution >= 4 is 32.8 Å². The lowest BCUT2D eigenvalue weighted by molar-refractivity contribution is 0.584. The minimum absolute atomic E-state index is 0.189. The molecule has 0 saturated heterocycles. The molecule has 0 atom stereocenters. The fourth-order valence-electron chi connectivity index (χ4n) is 2.88. The Kier molecular flexibility index (Phi) is 4.95. The molecule has 4 nitrogen and oxygen atoms in total. The molecule has 0 radical (unpaired) electrons. The van der Waals surface area contributed by atoms with Crippen molar-refractivity contribution in [3.8, 4) is 0 Å². The van der Waals surface area contributed by atoms with E-state index in [0.717, 1.165) is 5.56 Å². The number of aromatic nitrogens is 2. The van der Waals surface area contributed by atoms with Crippen LogP contribution < -0.4 is 0 Å². The number of rotatable bonds is 5. The van der Waals surface area contributed by atoms with Gasteiger partial charge in [-0.3, -0.25) is 0 Å². The van der Waals surface area contributed by atoms with E-state index in [1.165, 1.54) is 21.8 Å². The van der Waals surface area contributed by atoms with E-state index < -0.39 is 10.0 Å². The van der Waals surface area contributed by atoms with E-state index in [1.807, 2.05) is 13.0 Å². The summed E-state index contributed by atoms with van der Waals surface area (Å²) in [6, 6.07) is 20.2. The van der Waals surface area contributed by atoms with Gasteiger partial charge < -0.3 is 0 Å². The second-order valence-corrected chi connectivity index (χ2v) is 9.07. The Morgan fingerprint density at radius 2 is 1.64 bits per heavy atom. The molecule has 0 unspecified atom stereocenters. The van der Waals surface area contributed by atoms with E-state index in [9.17, 15) is 12.8 Å². The molecule has 142 valence electrons. The van der Waals surface area contributed by atoms with Gasteiger partial charge in [-0.15, -0.1) is 0 Å². The molecule has 7 heteroatoms. The summed E-state index contributed by atoms with van der Waals surface area (Å²) in [7, 11) is -3.84. The maximum Gasteiger partial charge on any atom is 0.270 e. The van der Waals surface area contributed by atoms with Crippen molar-refractivity contribution in [2.45, 2.75) is 22.7 Å². The lowest BCUT2D eigenvalue weighted by Crippen LogP contribution is -2.14. The van der Waals surface area contributed by atoms with Crippen LogP contribution in [0.3, 0.4) is 0 Å². The standard InChI is InChI=1S/C21H17FN2O2S2/c1-15-10-12-17(13-11-15)28(25,26)24-20-9-5-4-8-19(20)23-21(24)27-14-16-6-2-3-7-18(16)22/h2-13H,14H2,1H3.